The lowest BCUT2D eigenvalue weighted by molar-refractivity contribution is -0.0962. The van der Waals surface area contributed by atoms with E-state index in [9.17, 15) is 0 Å². The van der Waals surface area contributed by atoms with Crippen LogP contribution in [0.4, 0.5) is 0 Å². The summed E-state index contributed by atoms with van der Waals surface area (Å²) in [5.41, 5.74) is 1.25. The molecular formula is C18H28NO2P. The number of hydrogen-bond acceptors (Lipinski definition) is 3. The third kappa shape index (κ3) is 2.53. The average Bonchev–Trinajstić information content (AvgIpc) is 3.03. The first-order valence-electron chi connectivity index (χ1n) is 8.51. The minimum atomic E-state index is -0.531. The predicted molar refractivity (Wildman–Crippen MR) is 92.0 cm³/mol. The van der Waals surface area contributed by atoms with Gasteiger partial charge < -0.3 is 9.26 Å². The van der Waals surface area contributed by atoms with E-state index >= 15 is 0 Å². The lowest BCUT2D eigenvalue weighted by Crippen LogP contribution is -2.49. The van der Waals surface area contributed by atoms with Crippen LogP contribution in [0.15, 0.2) is 30.3 Å². The Hall–Kier alpha value is -0.470. The summed E-state index contributed by atoms with van der Waals surface area (Å²) in [4.78, 5) is 2.66. The maximum absolute atomic E-state index is 6.42. The zero-order chi connectivity index (χ0) is 15.7. The van der Waals surface area contributed by atoms with Crippen molar-refractivity contribution in [1.82, 2.24) is 4.90 Å². The number of benzene rings is 1. The molecule has 4 atom stereocenters. The van der Waals surface area contributed by atoms with Crippen molar-refractivity contribution in [3.63, 3.8) is 0 Å². The van der Waals surface area contributed by atoms with Crippen molar-refractivity contribution in [2.75, 3.05) is 19.4 Å². The standard InChI is InChI=1S/C18H28NO2P/c1-5-16-12-20-18(14(3)4)13-22(21-6-2)17(19(16)18)15-10-8-7-9-11-15/h7-11,14,16-17H,5-6,12-13H2,1-4H3/t16-,17?,18?,22?/m0/s1. The Labute approximate surface area is 135 Å². The largest absolute Gasteiger partial charge is 0.358 e. The fraction of sp³-hybridized carbons (Fsp3) is 0.667. The highest BCUT2D eigenvalue weighted by Gasteiger charge is 2.60. The van der Waals surface area contributed by atoms with Crippen molar-refractivity contribution in [1.29, 1.82) is 0 Å². The monoisotopic (exact) mass is 321 g/mol. The highest BCUT2D eigenvalue weighted by Crippen LogP contribution is 2.67. The van der Waals surface area contributed by atoms with Crippen LogP contribution in [0.5, 0.6) is 0 Å². The van der Waals surface area contributed by atoms with E-state index in [1.54, 1.807) is 0 Å². The van der Waals surface area contributed by atoms with Crippen LogP contribution < -0.4 is 0 Å². The third-order valence-corrected chi connectivity index (χ3v) is 7.49. The smallest absolute Gasteiger partial charge is 0.131 e. The molecule has 0 amide bonds. The van der Waals surface area contributed by atoms with Gasteiger partial charge in [0.2, 0.25) is 0 Å². The van der Waals surface area contributed by atoms with Crippen molar-refractivity contribution in [3.8, 4) is 0 Å². The van der Waals surface area contributed by atoms with Crippen LogP contribution in [0.1, 0.15) is 45.5 Å². The molecular weight excluding hydrogens is 293 g/mol. The van der Waals surface area contributed by atoms with Crippen molar-refractivity contribution in [2.24, 2.45) is 5.92 Å². The highest BCUT2D eigenvalue weighted by atomic mass is 31.1. The molecule has 2 fully saturated rings. The van der Waals surface area contributed by atoms with Crippen LogP contribution >= 0.6 is 8.15 Å². The Morgan fingerprint density at radius 2 is 2.05 bits per heavy atom. The molecule has 0 radical (unpaired) electrons. The summed E-state index contributed by atoms with van der Waals surface area (Å²) >= 11 is 0. The molecule has 22 heavy (non-hydrogen) atoms. The van der Waals surface area contributed by atoms with E-state index in [0.29, 0.717) is 17.7 Å². The zero-order valence-electron chi connectivity index (χ0n) is 14.2. The molecule has 2 heterocycles. The van der Waals surface area contributed by atoms with Gasteiger partial charge in [0.15, 0.2) is 0 Å². The summed E-state index contributed by atoms with van der Waals surface area (Å²) in [7, 11) is -0.531. The van der Waals surface area contributed by atoms with Crippen molar-refractivity contribution < 1.29 is 9.26 Å². The molecule has 0 saturated carbocycles. The maximum Gasteiger partial charge on any atom is 0.131 e. The molecule has 0 spiro atoms. The second-order valence-corrected chi connectivity index (χ2v) is 8.45. The van der Waals surface area contributed by atoms with Crippen LogP contribution in [-0.2, 0) is 9.26 Å². The van der Waals surface area contributed by atoms with Gasteiger partial charge in [-0.05, 0) is 24.8 Å². The van der Waals surface area contributed by atoms with Gasteiger partial charge in [-0.1, -0.05) is 51.1 Å². The molecule has 2 saturated heterocycles. The minimum absolute atomic E-state index is 0.137. The lowest BCUT2D eigenvalue weighted by atomic mass is 9.98. The Kier molecular flexibility index (Phi) is 4.89. The molecule has 2 aliphatic rings. The maximum atomic E-state index is 6.42. The van der Waals surface area contributed by atoms with Gasteiger partial charge in [-0.2, -0.15) is 0 Å². The Balaban J connectivity index is 2.03. The molecule has 4 heteroatoms. The Bertz CT molecular complexity index is 495. The first kappa shape index (κ1) is 16.4. The molecule has 1 aromatic carbocycles. The van der Waals surface area contributed by atoms with Gasteiger partial charge >= 0.3 is 0 Å². The first-order chi connectivity index (χ1) is 10.6. The number of rotatable bonds is 5. The van der Waals surface area contributed by atoms with Crippen molar-refractivity contribution >= 4 is 8.15 Å². The topological polar surface area (TPSA) is 21.7 Å². The predicted octanol–water partition coefficient (Wildman–Crippen LogP) is 4.60. The average molecular weight is 321 g/mol. The molecule has 3 rings (SSSR count). The van der Waals surface area contributed by atoms with E-state index in [1.807, 2.05) is 0 Å². The van der Waals surface area contributed by atoms with Crippen LogP contribution in [0.3, 0.4) is 0 Å². The second-order valence-electron chi connectivity index (χ2n) is 6.56. The van der Waals surface area contributed by atoms with Gasteiger partial charge in [0.1, 0.15) is 5.72 Å². The summed E-state index contributed by atoms with van der Waals surface area (Å²) in [6.45, 7) is 10.6. The van der Waals surface area contributed by atoms with Gasteiger partial charge in [0.25, 0.3) is 0 Å². The van der Waals surface area contributed by atoms with Crippen molar-refractivity contribution in [2.45, 2.75) is 51.7 Å². The highest BCUT2D eigenvalue weighted by molar-refractivity contribution is 7.53. The molecule has 0 aromatic heterocycles. The zero-order valence-corrected chi connectivity index (χ0v) is 15.1. The fourth-order valence-corrected chi connectivity index (χ4v) is 6.85. The molecule has 3 nitrogen and oxygen atoms in total. The van der Waals surface area contributed by atoms with Crippen LogP contribution in [0.2, 0.25) is 0 Å². The first-order valence-corrected chi connectivity index (χ1v) is 10.0. The molecule has 1 aromatic rings. The number of fused-ring (bicyclic) bond motifs is 1. The van der Waals surface area contributed by atoms with Crippen molar-refractivity contribution in [3.05, 3.63) is 35.9 Å². The fourth-order valence-electron chi connectivity index (χ4n) is 3.88. The van der Waals surface area contributed by atoms with E-state index in [4.69, 9.17) is 9.26 Å². The van der Waals surface area contributed by atoms with E-state index in [2.05, 4.69) is 62.9 Å². The summed E-state index contributed by atoms with van der Waals surface area (Å²) < 4.78 is 12.6. The van der Waals surface area contributed by atoms with Gasteiger partial charge in [0.05, 0.1) is 20.5 Å². The van der Waals surface area contributed by atoms with Crippen LogP contribution in [-0.4, -0.2) is 36.0 Å². The molecule has 122 valence electrons. The van der Waals surface area contributed by atoms with Crippen LogP contribution in [0, 0.1) is 5.92 Å². The third-order valence-electron chi connectivity index (χ3n) is 5.04. The van der Waals surface area contributed by atoms with E-state index in [-0.39, 0.29) is 5.72 Å². The Morgan fingerprint density at radius 1 is 1.32 bits per heavy atom. The quantitative estimate of drug-likeness (QED) is 0.740. The van der Waals surface area contributed by atoms with Gasteiger partial charge in [-0.15, -0.1) is 0 Å². The number of ether oxygens (including phenoxy) is 1. The molecule has 0 aliphatic carbocycles. The molecule has 0 N–H and O–H groups in total. The molecule has 0 bridgehead atoms. The van der Waals surface area contributed by atoms with E-state index in [1.165, 1.54) is 5.56 Å². The molecule has 3 unspecified atom stereocenters. The van der Waals surface area contributed by atoms with Crippen LogP contribution in [0.25, 0.3) is 0 Å². The summed E-state index contributed by atoms with van der Waals surface area (Å²) in [5, 5.41) is 0. The minimum Gasteiger partial charge on any atom is -0.358 e. The SMILES string of the molecule is CCOP1CC2(C(C)C)OC[C@H](CC)N2C1c1ccccc1. The summed E-state index contributed by atoms with van der Waals surface area (Å²) in [6, 6.07) is 11.4. The Morgan fingerprint density at radius 3 is 2.64 bits per heavy atom. The second kappa shape index (κ2) is 6.57. The lowest BCUT2D eigenvalue weighted by Gasteiger charge is -2.38. The number of hydrogen-bond donors (Lipinski definition) is 0. The van der Waals surface area contributed by atoms with E-state index < -0.39 is 8.15 Å². The summed E-state index contributed by atoms with van der Waals surface area (Å²) in [5.74, 6) is 0.842. The van der Waals surface area contributed by atoms with Gasteiger partial charge in [0, 0.05) is 18.8 Å². The van der Waals surface area contributed by atoms with Gasteiger partial charge in [-0.3, -0.25) is 4.90 Å². The summed E-state index contributed by atoms with van der Waals surface area (Å²) in [6.07, 6.45) is 2.16. The molecule has 2 aliphatic heterocycles. The normalized spacial score (nSPS) is 35.2. The number of nitrogens with zero attached hydrogens (tertiary/aromatic N) is 1. The van der Waals surface area contributed by atoms with Gasteiger partial charge in [-0.25, -0.2) is 0 Å². The van der Waals surface area contributed by atoms with E-state index in [0.717, 1.165) is 25.8 Å².